The molecular formula is C10H23ClN2O. The second kappa shape index (κ2) is 7.46. The lowest BCUT2D eigenvalue weighted by Crippen LogP contribution is -2.44. The van der Waals surface area contributed by atoms with Gasteiger partial charge in [0.1, 0.15) is 0 Å². The highest BCUT2D eigenvalue weighted by Crippen LogP contribution is 2.02. The molecule has 0 heterocycles. The molecular weight excluding hydrogens is 200 g/mol. The Kier molecular flexibility index (Phi) is 7.55. The van der Waals surface area contributed by atoms with Gasteiger partial charge in [-0.15, -0.1) is 11.6 Å². The van der Waals surface area contributed by atoms with E-state index < -0.39 is 6.10 Å². The summed E-state index contributed by atoms with van der Waals surface area (Å²) in [6.07, 6.45) is -0.416. The number of halogens is 1. The quantitative estimate of drug-likeness (QED) is 0.648. The number of aliphatic hydroxyl groups excluding tert-OH is 1. The zero-order valence-electron chi connectivity index (χ0n) is 9.70. The molecule has 0 fully saturated rings. The van der Waals surface area contributed by atoms with Gasteiger partial charge < -0.3 is 10.0 Å². The van der Waals surface area contributed by atoms with Crippen molar-refractivity contribution < 1.29 is 5.11 Å². The van der Waals surface area contributed by atoms with Crippen LogP contribution in [0.4, 0.5) is 0 Å². The zero-order chi connectivity index (χ0) is 11.1. The number of rotatable bonds is 7. The van der Waals surface area contributed by atoms with Gasteiger partial charge >= 0.3 is 0 Å². The number of hydrogen-bond acceptors (Lipinski definition) is 3. The molecule has 0 aromatic carbocycles. The Morgan fingerprint density at radius 3 is 2.21 bits per heavy atom. The molecule has 2 unspecified atom stereocenters. The Balaban J connectivity index is 3.98. The molecule has 0 spiro atoms. The van der Waals surface area contributed by atoms with Crippen molar-refractivity contribution in [2.24, 2.45) is 0 Å². The first-order chi connectivity index (χ1) is 6.51. The maximum absolute atomic E-state index is 9.46. The Morgan fingerprint density at radius 2 is 1.86 bits per heavy atom. The van der Waals surface area contributed by atoms with E-state index in [9.17, 15) is 5.11 Å². The van der Waals surface area contributed by atoms with E-state index in [1.165, 1.54) is 0 Å². The van der Waals surface area contributed by atoms with Crippen LogP contribution < -0.4 is 0 Å². The summed E-state index contributed by atoms with van der Waals surface area (Å²) in [6, 6.07) is 0.452. The largest absolute Gasteiger partial charge is 0.391 e. The van der Waals surface area contributed by atoms with E-state index in [0.717, 1.165) is 13.1 Å². The fraction of sp³-hybridized carbons (Fsp3) is 1.00. The van der Waals surface area contributed by atoms with Crippen LogP contribution in [0.5, 0.6) is 0 Å². The topological polar surface area (TPSA) is 26.7 Å². The van der Waals surface area contributed by atoms with Gasteiger partial charge in [-0.05, 0) is 27.6 Å². The van der Waals surface area contributed by atoms with Crippen molar-refractivity contribution in [3.63, 3.8) is 0 Å². The third-order valence-electron chi connectivity index (χ3n) is 2.28. The number of alkyl halides is 1. The third-order valence-corrected chi connectivity index (χ3v) is 2.64. The molecule has 1 N–H and O–H groups in total. The van der Waals surface area contributed by atoms with Gasteiger partial charge in [0, 0.05) is 25.0 Å². The van der Waals surface area contributed by atoms with Gasteiger partial charge in [0.15, 0.2) is 0 Å². The molecule has 86 valence electrons. The van der Waals surface area contributed by atoms with Crippen LogP contribution in [0.25, 0.3) is 0 Å². The summed E-state index contributed by atoms with van der Waals surface area (Å²) in [5.74, 6) is 0.311. The standard InChI is InChI=1S/C10H23ClN2O/c1-5-13(8-10(14)6-11)9(2)7-12(3)4/h9-10,14H,5-8H2,1-4H3. The summed E-state index contributed by atoms with van der Waals surface area (Å²) in [5, 5.41) is 9.46. The minimum atomic E-state index is -0.416. The first-order valence-electron chi connectivity index (χ1n) is 5.14. The molecule has 0 radical (unpaired) electrons. The van der Waals surface area contributed by atoms with Crippen LogP contribution in [0.2, 0.25) is 0 Å². The van der Waals surface area contributed by atoms with Crippen molar-refractivity contribution in [1.29, 1.82) is 0 Å². The molecule has 0 aromatic heterocycles. The molecule has 0 aliphatic heterocycles. The van der Waals surface area contributed by atoms with Crippen LogP contribution in [0, 0.1) is 0 Å². The smallest absolute Gasteiger partial charge is 0.0802 e. The predicted octanol–water partition coefficient (Wildman–Crippen LogP) is 0.858. The highest BCUT2D eigenvalue weighted by atomic mass is 35.5. The van der Waals surface area contributed by atoms with Gasteiger partial charge in [0.25, 0.3) is 0 Å². The fourth-order valence-electron chi connectivity index (χ4n) is 1.58. The van der Waals surface area contributed by atoms with Crippen LogP contribution in [0.1, 0.15) is 13.8 Å². The molecule has 0 aromatic rings. The van der Waals surface area contributed by atoms with Crippen LogP contribution in [-0.4, -0.2) is 66.7 Å². The fourth-order valence-corrected chi connectivity index (χ4v) is 1.68. The summed E-state index contributed by atoms with van der Waals surface area (Å²) >= 11 is 5.58. The van der Waals surface area contributed by atoms with E-state index in [0.29, 0.717) is 18.5 Å². The normalized spacial score (nSPS) is 16.3. The lowest BCUT2D eigenvalue weighted by atomic mass is 10.2. The minimum absolute atomic E-state index is 0.311. The van der Waals surface area contributed by atoms with Crippen LogP contribution in [0.3, 0.4) is 0 Å². The number of likely N-dealkylation sites (N-methyl/N-ethyl adjacent to an activating group) is 2. The summed E-state index contributed by atoms with van der Waals surface area (Å²) in [5.41, 5.74) is 0. The van der Waals surface area contributed by atoms with E-state index in [1.54, 1.807) is 0 Å². The van der Waals surface area contributed by atoms with Crippen molar-refractivity contribution in [3.8, 4) is 0 Å². The summed E-state index contributed by atoms with van der Waals surface area (Å²) in [6.45, 7) is 6.89. The Morgan fingerprint density at radius 1 is 1.29 bits per heavy atom. The van der Waals surface area contributed by atoms with Crippen molar-refractivity contribution >= 4 is 11.6 Å². The molecule has 0 saturated carbocycles. The highest BCUT2D eigenvalue weighted by Gasteiger charge is 2.15. The average molecular weight is 223 g/mol. The summed E-state index contributed by atoms with van der Waals surface area (Å²) in [7, 11) is 4.12. The summed E-state index contributed by atoms with van der Waals surface area (Å²) in [4.78, 5) is 4.40. The van der Waals surface area contributed by atoms with Crippen molar-refractivity contribution in [2.45, 2.75) is 26.0 Å². The van der Waals surface area contributed by atoms with Gasteiger partial charge in [0.2, 0.25) is 0 Å². The molecule has 0 amide bonds. The number of nitrogens with zero attached hydrogens (tertiary/aromatic N) is 2. The summed E-state index contributed by atoms with van der Waals surface area (Å²) < 4.78 is 0. The Bertz CT molecular complexity index is 144. The average Bonchev–Trinajstić information content (AvgIpc) is 2.12. The molecule has 0 rings (SSSR count). The Hall–Kier alpha value is 0.170. The van der Waals surface area contributed by atoms with Gasteiger partial charge in [-0.2, -0.15) is 0 Å². The van der Waals surface area contributed by atoms with Gasteiger partial charge in [-0.3, -0.25) is 4.90 Å². The van der Waals surface area contributed by atoms with E-state index in [-0.39, 0.29) is 0 Å². The van der Waals surface area contributed by atoms with Crippen molar-refractivity contribution in [1.82, 2.24) is 9.80 Å². The molecule has 3 nitrogen and oxygen atoms in total. The minimum Gasteiger partial charge on any atom is -0.391 e. The lowest BCUT2D eigenvalue weighted by molar-refractivity contribution is 0.0984. The van der Waals surface area contributed by atoms with Crippen molar-refractivity contribution in [2.75, 3.05) is 39.6 Å². The monoisotopic (exact) mass is 222 g/mol. The first-order valence-corrected chi connectivity index (χ1v) is 5.67. The van der Waals surface area contributed by atoms with Crippen LogP contribution in [0.15, 0.2) is 0 Å². The van der Waals surface area contributed by atoms with E-state index in [1.807, 2.05) is 0 Å². The van der Waals surface area contributed by atoms with E-state index in [4.69, 9.17) is 11.6 Å². The lowest BCUT2D eigenvalue weighted by Gasteiger charge is -2.31. The predicted molar refractivity (Wildman–Crippen MR) is 62.0 cm³/mol. The SMILES string of the molecule is CCN(CC(O)CCl)C(C)CN(C)C. The molecule has 0 aliphatic carbocycles. The number of aliphatic hydroxyl groups is 1. The van der Waals surface area contributed by atoms with Crippen molar-refractivity contribution in [3.05, 3.63) is 0 Å². The van der Waals surface area contributed by atoms with Gasteiger partial charge in [-0.1, -0.05) is 6.92 Å². The molecule has 14 heavy (non-hydrogen) atoms. The second-order valence-corrected chi connectivity index (χ2v) is 4.32. The molecule has 2 atom stereocenters. The van der Waals surface area contributed by atoms with Gasteiger partial charge in [0.05, 0.1) is 6.10 Å². The van der Waals surface area contributed by atoms with Crippen LogP contribution in [-0.2, 0) is 0 Å². The molecule has 0 aliphatic rings. The molecule has 0 bridgehead atoms. The van der Waals surface area contributed by atoms with Crippen LogP contribution >= 0.6 is 11.6 Å². The third kappa shape index (κ3) is 5.81. The maximum Gasteiger partial charge on any atom is 0.0802 e. The maximum atomic E-state index is 9.46. The number of hydrogen-bond donors (Lipinski definition) is 1. The second-order valence-electron chi connectivity index (χ2n) is 4.01. The first kappa shape index (κ1) is 14.2. The van der Waals surface area contributed by atoms with Gasteiger partial charge in [-0.25, -0.2) is 0 Å². The molecule has 0 saturated heterocycles. The molecule has 4 heteroatoms. The zero-order valence-corrected chi connectivity index (χ0v) is 10.5. The van der Waals surface area contributed by atoms with E-state index >= 15 is 0 Å². The van der Waals surface area contributed by atoms with E-state index in [2.05, 4.69) is 37.7 Å². The highest BCUT2D eigenvalue weighted by molar-refractivity contribution is 6.18. The Labute approximate surface area is 92.6 Å².